The maximum atomic E-state index is 12.5. The van der Waals surface area contributed by atoms with E-state index in [1.54, 1.807) is 11.8 Å². The van der Waals surface area contributed by atoms with Crippen LogP contribution in [0.4, 0.5) is 11.4 Å². The standard InChI is InChI=1S/C25H24N2O2S/c1-18-7-14-22(15-8-18)27-24(29)17-30-25(27)20-10-12-21(13-11-20)26-23(28)16-9-19-5-3-2-4-6-19/h2-8,10-15,25H,9,16-17H2,1H3,(H,26,28)/t25-/m0/s1. The van der Waals surface area contributed by atoms with Gasteiger partial charge in [0.1, 0.15) is 5.37 Å². The van der Waals surface area contributed by atoms with E-state index in [4.69, 9.17) is 0 Å². The number of carbonyl (C=O) groups excluding carboxylic acids is 2. The van der Waals surface area contributed by atoms with Gasteiger partial charge in [0, 0.05) is 17.8 Å². The maximum Gasteiger partial charge on any atom is 0.238 e. The lowest BCUT2D eigenvalue weighted by Crippen LogP contribution is -2.27. The van der Waals surface area contributed by atoms with Crippen molar-refractivity contribution in [2.24, 2.45) is 0 Å². The molecule has 0 unspecified atom stereocenters. The highest BCUT2D eigenvalue weighted by molar-refractivity contribution is 8.00. The number of hydrogen-bond donors (Lipinski definition) is 1. The van der Waals surface area contributed by atoms with Gasteiger partial charge in [-0.15, -0.1) is 11.8 Å². The quantitative estimate of drug-likeness (QED) is 0.590. The molecule has 1 aliphatic rings. The molecule has 1 heterocycles. The normalized spacial score (nSPS) is 16.0. The summed E-state index contributed by atoms with van der Waals surface area (Å²) in [6.45, 7) is 2.04. The molecule has 3 aromatic carbocycles. The van der Waals surface area contributed by atoms with Crippen molar-refractivity contribution in [1.29, 1.82) is 0 Å². The molecule has 4 nitrogen and oxygen atoms in total. The number of benzene rings is 3. The average Bonchev–Trinajstić information content (AvgIpc) is 3.15. The zero-order valence-electron chi connectivity index (χ0n) is 16.9. The Hall–Kier alpha value is -3.05. The zero-order valence-corrected chi connectivity index (χ0v) is 17.7. The van der Waals surface area contributed by atoms with E-state index in [1.165, 1.54) is 5.56 Å². The first kappa shape index (κ1) is 20.2. The fourth-order valence-corrected chi connectivity index (χ4v) is 4.69. The minimum absolute atomic E-state index is 0.00157. The summed E-state index contributed by atoms with van der Waals surface area (Å²) in [5, 5.41) is 2.91. The first-order valence-electron chi connectivity index (χ1n) is 10.0. The number of aryl methyl sites for hydroxylation is 2. The molecule has 0 radical (unpaired) electrons. The summed E-state index contributed by atoms with van der Waals surface area (Å²) in [5.74, 6) is 0.585. The maximum absolute atomic E-state index is 12.5. The van der Waals surface area contributed by atoms with Gasteiger partial charge in [0.25, 0.3) is 0 Å². The number of nitrogens with zero attached hydrogens (tertiary/aromatic N) is 1. The van der Waals surface area contributed by atoms with Crippen molar-refractivity contribution < 1.29 is 9.59 Å². The fraction of sp³-hybridized carbons (Fsp3) is 0.200. The predicted molar refractivity (Wildman–Crippen MR) is 124 cm³/mol. The van der Waals surface area contributed by atoms with Gasteiger partial charge in [-0.2, -0.15) is 0 Å². The third-order valence-corrected chi connectivity index (χ3v) is 6.36. The summed E-state index contributed by atoms with van der Waals surface area (Å²) in [5.41, 5.74) is 5.06. The summed E-state index contributed by atoms with van der Waals surface area (Å²) in [4.78, 5) is 26.6. The molecule has 3 aromatic rings. The Morgan fingerprint density at radius 1 is 1.00 bits per heavy atom. The molecule has 30 heavy (non-hydrogen) atoms. The van der Waals surface area contributed by atoms with Crippen LogP contribution in [0.3, 0.4) is 0 Å². The van der Waals surface area contributed by atoms with Crippen LogP contribution in [0.15, 0.2) is 78.9 Å². The van der Waals surface area contributed by atoms with Gasteiger partial charge in [0.15, 0.2) is 0 Å². The second kappa shape index (κ2) is 9.18. The molecule has 1 aliphatic heterocycles. The van der Waals surface area contributed by atoms with Crippen molar-refractivity contribution in [1.82, 2.24) is 0 Å². The van der Waals surface area contributed by atoms with E-state index in [1.807, 2.05) is 90.7 Å². The molecule has 0 spiro atoms. The van der Waals surface area contributed by atoms with Gasteiger partial charge in [-0.05, 0) is 48.7 Å². The zero-order chi connectivity index (χ0) is 20.9. The predicted octanol–water partition coefficient (Wildman–Crippen LogP) is 5.34. The van der Waals surface area contributed by atoms with Gasteiger partial charge < -0.3 is 5.32 Å². The molecular weight excluding hydrogens is 392 g/mol. The van der Waals surface area contributed by atoms with E-state index >= 15 is 0 Å². The Bertz CT molecular complexity index is 1020. The van der Waals surface area contributed by atoms with Crippen LogP contribution in [0.25, 0.3) is 0 Å². The molecule has 5 heteroatoms. The number of nitrogens with one attached hydrogen (secondary N) is 1. The smallest absolute Gasteiger partial charge is 0.238 e. The number of amides is 2. The summed E-state index contributed by atoms with van der Waals surface area (Å²) >= 11 is 1.63. The van der Waals surface area contributed by atoms with Crippen LogP contribution >= 0.6 is 11.8 Å². The first-order chi connectivity index (χ1) is 14.6. The van der Waals surface area contributed by atoms with Crippen molar-refractivity contribution >= 4 is 35.0 Å². The molecular formula is C25H24N2O2S. The number of carbonyl (C=O) groups is 2. The number of rotatable bonds is 6. The van der Waals surface area contributed by atoms with Gasteiger partial charge >= 0.3 is 0 Å². The molecule has 152 valence electrons. The van der Waals surface area contributed by atoms with E-state index in [2.05, 4.69) is 5.32 Å². The minimum Gasteiger partial charge on any atom is -0.326 e. The lowest BCUT2D eigenvalue weighted by Gasteiger charge is -2.24. The number of anilines is 2. The second-order valence-corrected chi connectivity index (χ2v) is 8.49. The first-order valence-corrected chi connectivity index (χ1v) is 11.1. The van der Waals surface area contributed by atoms with E-state index in [-0.39, 0.29) is 17.2 Å². The molecule has 1 N–H and O–H groups in total. The third kappa shape index (κ3) is 4.74. The van der Waals surface area contributed by atoms with Crippen LogP contribution in [0, 0.1) is 6.92 Å². The van der Waals surface area contributed by atoms with Crippen molar-refractivity contribution in [2.75, 3.05) is 16.0 Å². The lowest BCUT2D eigenvalue weighted by atomic mass is 10.1. The molecule has 0 bridgehead atoms. The van der Waals surface area contributed by atoms with Crippen LogP contribution in [-0.4, -0.2) is 17.6 Å². The summed E-state index contributed by atoms with van der Waals surface area (Å²) < 4.78 is 0. The number of hydrogen-bond acceptors (Lipinski definition) is 3. The largest absolute Gasteiger partial charge is 0.326 e. The third-order valence-electron chi connectivity index (χ3n) is 5.14. The SMILES string of the molecule is Cc1ccc(N2C(=O)CS[C@H]2c2ccc(NC(=O)CCc3ccccc3)cc2)cc1. The minimum atomic E-state index is -0.0527. The highest BCUT2D eigenvalue weighted by Gasteiger charge is 2.33. The second-order valence-electron chi connectivity index (χ2n) is 7.42. The van der Waals surface area contributed by atoms with E-state index in [9.17, 15) is 9.59 Å². The Kier molecular flexibility index (Phi) is 6.19. The molecule has 4 rings (SSSR count). The molecule has 1 fully saturated rings. The molecule has 2 amide bonds. The van der Waals surface area contributed by atoms with Crippen LogP contribution < -0.4 is 10.2 Å². The van der Waals surface area contributed by atoms with Crippen LogP contribution in [-0.2, 0) is 16.0 Å². The van der Waals surface area contributed by atoms with E-state index in [0.717, 1.165) is 28.9 Å². The lowest BCUT2D eigenvalue weighted by molar-refractivity contribution is -0.116. The highest BCUT2D eigenvalue weighted by Crippen LogP contribution is 2.41. The Balaban J connectivity index is 1.40. The Morgan fingerprint density at radius 2 is 1.70 bits per heavy atom. The Labute approximate surface area is 181 Å². The Morgan fingerprint density at radius 3 is 2.40 bits per heavy atom. The van der Waals surface area contributed by atoms with Crippen LogP contribution in [0.1, 0.15) is 28.5 Å². The summed E-state index contributed by atoms with van der Waals surface area (Å²) in [7, 11) is 0. The van der Waals surface area contributed by atoms with Crippen molar-refractivity contribution in [3.8, 4) is 0 Å². The van der Waals surface area contributed by atoms with Gasteiger partial charge in [0.05, 0.1) is 5.75 Å². The van der Waals surface area contributed by atoms with Crippen molar-refractivity contribution in [2.45, 2.75) is 25.1 Å². The molecule has 0 aromatic heterocycles. The van der Waals surface area contributed by atoms with Crippen molar-refractivity contribution in [3.63, 3.8) is 0 Å². The average molecular weight is 417 g/mol. The molecule has 0 saturated carbocycles. The number of thioether (sulfide) groups is 1. The summed E-state index contributed by atoms with van der Waals surface area (Å²) in [6.07, 6.45) is 1.16. The highest BCUT2D eigenvalue weighted by atomic mass is 32.2. The summed E-state index contributed by atoms with van der Waals surface area (Å²) in [6, 6.07) is 25.8. The molecule has 0 aliphatic carbocycles. The molecule has 1 atom stereocenters. The van der Waals surface area contributed by atoms with Gasteiger partial charge in [-0.1, -0.05) is 60.2 Å². The monoisotopic (exact) mass is 416 g/mol. The van der Waals surface area contributed by atoms with Gasteiger partial charge in [-0.3, -0.25) is 14.5 Å². The molecule has 1 saturated heterocycles. The van der Waals surface area contributed by atoms with Crippen molar-refractivity contribution in [3.05, 3.63) is 95.6 Å². The van der Waals surface area contributed by atoms with E-state index in [0.29, 0.717) is 12.2 Å². The topological polar surface area (TPSA) is 49.4 Å². The van der Waals surface area contributed by atoms with E-state index < -0.39 is 0 Å². The van der Waals surface area contributed by atoms with Crippen LogP contribution in [0.5, 0.6) is 0 Å². The van der Waals surface area contributed by atoms with Crippen LogP contribution in [0.2, 0.25) is 0 Å². The van der Waals surface area contributed by atoms with Gasteiger partial charge in [-0.25, -0.2) is 0 Å². The van der Waals surface area contributed by atoms with Gasteiger partial charge in [0.2, 0.25) is 11.8 Å². The fourth-order valence-electron chi connectivity index (χ4n) is 3.51.